The fourth-order valence-corrected chi connectivity index (χ4v) is 3.01. The summed E-state index contributed by atoms with van der Waals surface area (Å²) in [4.78, 5) is 4.15. The minimum atomic E-state index is 0.175. The number of aromatic nitrogens is 3. The second-order valence-corrected chi connectivity index (χ2v) is 5.07. The molecule has 18 heavy (non-hydrogen) atoms. The molecular formula is C13H14N4O. The molecule has 5 nitrogen and oxygen atoms in total. The molecule has 0 spiro atoms. The molecule has 0 aromatic carbocycles. The van der Waals surface area contributed by atoms with Gasteiger partial charge in [-0.05, 0) is 43.1 Å². The third-order valence-corrected chi connectivity index (χ3v) is 4.01. The lowest BCUT2D eigenvalue weighted by atomic mass is 10.2. The number of pyridine rings is 1. The SMILES string of the molecule is Oc1ccc(-n2ccc([C@H]3[C@@H]4CNC[C@@H]43)n2)nc1. The summed E-state index contributed by atoms with van der Waals surface area (Å²) in [5.74, 6) is 3.10. The number of fused-ring (bicyclic) bond motifs is 1. The Morgan fingerprint density at radius 1 is 1.22 bits per heavy atom. The first kappa shape index (κ1) is 10.1. The smallest absolute Gasteiger partial charge is 0.153 e. The van der Waals surface area contributed by atoms with Crippen LogP contribution in [0.25, 0.3) is 5.82 Å². The maximum absolute atomic E-state index is 9.22. The second kappa shape index (κ2) is 3.55. The van der Waals surface area contributed by atoms with E-state index in [1.807, 2.05) is 6.20 Å². The highest BCUT2D eigenvalue weighted by molar-refractivity contribution is 5.30. The fraction of sp³-hybridized carbons (Fsp3) is 0.385. The molecule has 1 aliphatic heterocycles. The molecule has 1 saturated heterocycles. The first-order chi connectivity index (χ1) is 8.83. The summed E-state index contributed by atoms with van der Waals surface area (Å²) in [5.41, 5.74) is 1.17. The van der Waals surface area contributed by atoms with Crippen LogP contribution in [0, 0.1) is 11.8 Å². The van der Waals surface area contributed by atoms with E-state index < -0.39 is 0 Å². The summed E-state index contributed by atoms with van der Waals surface area (Å²) < 4.78 is 1.77. The van der Waals surface area contributed by atoms with Crippen molar-refractivity contribution in [1.82, 2.24) is 20.1 Å². The highest BCUT2D eigenvalue weighted by Gasteiger charge is 2.54. The molecule has 0 bridgehead atoms. The van der Waals surface area contributed by atoms with Crippen LogP contribution in [0.15, 0.2) is 30.6 Å². The largest absolute Gasteiger partial charge is 0.506 e. The Hall–Kier alpha value is -1.88. The Morgan fingerprint density at radius 3 is 2.78 bits per heavy atom. The summed E-state index contributed by atoms with van der Waals surface area (Å²) in [5, 5.41) is 17.2. The van der Waals surface area contributed by atoms with E-state index in [1.165, 1.54) is 11.9 Å². The van der Waals surface area contributed by atoms with Crippen LogP contribution in [0.3, 0.4) is 0 Å². The van der Waals surface area contributed by atoms with Crippen molar-refractivity contribution in [3.05, 3.63) is 36.3 Å². The average molecular weight is 242 g/mol. The van der Waals surface area contributed by atoms with E-state index in [2.05, 4.69) is 21.5 Å². The van der Waals surface area contributed by atoms with Crippen LogP contribution in [0.4, 0.5) is 0 Å². The number of piperidine rings is 1. The number of hydrogen-bond donors (Lipinski definition) is 2. The van der Waals surface area contributed by atoms with Gasteiger partial charge in [-0.3, -0.25) is 0 Å². The van der Waals surface area contributed by atoms with Gasteiger partial charge in [0.15, 0.2) is 5.82 Å². The van der Waals surface area contributed by atoms with Gasteiger partial charge in [0.2, 0.25) is 0 Å². The minimum absolute atomic E-state index is 0.175. The molecule has 1 saturated carbocycles. The molecule has 2 fully saturated rings. The predicted molar refractivity (Wildman–Crippen MR) is 65.6 cm³/mol. The van der Waals surface area contributed by atoms with Crippen LogP contribution in [0.1, 0.15) is 11.6 Å². The van der Waals surface area contributed by atoms with E-state index in [4.69, 9.17) is 0 Å². The zero-order valence-electron chi connectivity index (χ0n) is 9.82. The first-order valence-corrected chi connectivity index (χ1v) is 6.24. The molecule has 3 atom stereocenters. The number of aromatic hydroxyl groups is 1. The van der Waals surface area contributed by atoms with Crippen molar-refractivity contribution in [3.63, 3.8) is 0 Å². The molecule has 0 unspecified atom stereocenters. The maximum atomic E-state index is 9.22. The van der Waals surface area contributed by atoms with Gasteiger partial charge in [-0.25, -0.2) is 9.67 Å². The predicted octanol–water partition coefficient (Wildman–Crippen LogP) is 0.906. The van der Waals surface area contributed by atoms with Gasteiger partial charge in [-0.2, -0.15) is 5.10 Å². The first-order valence-electron chi connectivity index (χ1n) is 6.24. The highest BCUT2D eigenvalue weighted by atomic mass is 16.3. The highest BCUT2D eigenvalue weighted by Crippen LogP contribution is 2.55. The van der Waals surface area contributed by atoms with Crippen LogP contribution in [-0.4, -0.2) is 33.0 Å². The molecule has 5 heteroatoms. The van der Waals surface area contributed by atoms with Crippen molar-refractivity contribution in [2.45, 2.75) is 5.92 Å². The molecule has 0 radical (unpaired) electrons. The van der Waals surface area contributed by atoms with E-state index in [9.17, 15) is 5.11 Å². The van der Waals surface area contributed by atoms with Crippen molar-refractivity contribution in [3.8, 4) is 11.6 Å². The Morgan fingerprint density at radius 2 is 2.06 bits per heavy atom. The van der Waals surface area contributed by atoms with Crippen molar-refractivity contribution < 1.29 is 5.11 Å². The van der Waals surface area contributed by atoms with Gasteiger partial charge in [-0.1, -0.05) is 0 Å². The third kappa shape index (κ3) is 1.44. The maximum Gasteiger partial charge on any atom is 0.153 e. The summed E-state index contributed by atoms with van der Waals surface area (Å²) in [6.45, 7) is 2.25. The van der Waals surface area contributed by atoms with Crippen LogP contribution >= 0.6 is 0 Å². The molecule has 2 N–H and O–H groups in total. The van der Waals surface area contributed by atoms with Crippen molar-refractivity contribution in [2.24, 2.45) is 11.8 Å². The van der Waals surface area contributed by atoms with Gasteiger partial charge < -0.3 is 10.4 Å². The Balaban J connectivity index is 1.60. The second-order valence-electron chi connectivity index (χ2n) is 5.07. The number of hydrogen-bond acceptors (Lipinski definition) is 4. The van der Waals surface area contributed by atoms with Gasteiger partial charge in [0.05, 0.1) is 11.9 Å². The number of nitrogens with one attached hydrogen (secondary N) is 1. The van der Waals surface area contributed by atoms with Gasteiger partial charge in [0.1, 0.15) is 5.75 Å². The molecular weight excluding hydrogens is 228 g/mol. The van der Waals surface area contributed by atoms with E-state index in [1.54, 1.807) is 16.8 Å². The number of rotatable bonds is 2. The fourth-order valence-electron chi connectivity index (χ4n) is 3.01. The lowest BCUT2D eigenvalue weighted by molar-refractivity contribution is 0.472. The molecule has 4 rings (SSSR count). The normalized spacial score (nSPS) is 29.2. The summed E-state index contributed by atoms with van der Waals surface area (Å²) >= 11 is 0. The van der Waals surface area contributed by atoms with Crippen LogP contribution < -0.4 is 5.32 Å². The van der Waals surface area contributed by atoms with Crippen molar-refractivity contribution in [1.29, 1.82) is 0 Å². The van der Waals surface area contributed by atoms with Gasteiger partial charge >= 0.3 is 0 Å². The van der Waals surface area contributed by atoms with E-state index >= 15 is 0 Å². The molecule has 2 aliphatic rings. The Bertz CT molecular complexity index is 567. The molecule has 1 aliphatic carbocycles. The molecule has 0 amide bonds. The summed E-state index contributed by atoms with van der Waals surface area (Å²) in [7, 11) is 0. The van der Waals surface area contributed by atoms with Gasteiger partial charge in [-0.15, -0.1) is 0 Å². The van der Waals surface area contributed by atoms with Gasteiger partial charge in [0, 0.05) is 12.1 Å². The lowest BCUT2D eigenvalue weighted by Crippen LogP contribution is -2.14. The summed E-state index contributed by atoms with van der Waals surface area (Å²) in [6.07, 6.45) is 3.38. The average Bonchev–Trinajstić information content (AvgIpc) is 2.83. The molecule has 2 aromatic heterocycles. The summed E-state index contributed by atoms with van der Waals surface area (Å²) in [6, 6.07) is 5.47. The van der Waals surface area contributed by atoms with Crippen LogP contribution in [0.2, 0.25) is 0 Å². The monoisotopic (exact) mass is 242 g/mol. The molecule has 2 aromatic rings. The quantitative estimate of drug-likeness (QED) is 0.821. The van der Waals surface area contributed by atoms with Crippen LogP contribution in [-0.2, 0) is 0 Å². The van der Waals surface area contributed by atoms with E-state index in [0.29, 0.717) is 5.92 Å². The zero-order valence-corrected chi connectivity index (χ0v) is 9.82. The standard InChI is InChI=1S/C13H14N4O/c18-8-1-2-12(15-5-8)17-4-3-11(16-17)13-9-6-14-7-10(9)13/h1-5,9-10,13-14,18H,6-7H2/t9-,10+,13+. The van der Waals surface area contributed by atoms with Crippen LogP contribution in [0.5, 0.6) is 5.75 Å². The Labute approximate surface area is 104 Å². The zero-order chi connectivity index (χ0) is 12.1. The van der Waals surface area contributed by atoms with Crippen molar-refractivity contribution in [2.75, 3.05) is 13.1 Å². The minimum Gasteiger partial charge on any atom is -0.506 e. The third-order valence-electron chi connectivity index (χ3n) is 4.01. The van der Waals surface area contributed by atoms with E-state index in [0.717, 1.165) is 30.7 Å². The van der Waals surface area contributed by atoms with E-state index in [-0.39, 0.29) is 5.75 Å². The lowest BCUT2D eigenvalue weighted by Gasteiger charge is -2.01. The van der Waals surface area contributed by atoms with Gasteiger partial charge in [0.25, 0.3) is 0 Å². The van der Waals surface area contributed by atoms with Crippen molar-refractivity contribution >= 4 is 0 Å². The molecule has 3 heterocycles. The topological polar surface area (TPSA) is 63.0 Å². The molecule has 92 valence electrons. The Kier molecular flexibility index (Phi) is 1.99. The number of nitrogens with zero attached hydrogens (tertiary/aromatic N) is 3.